The second-order valence-electron chi connectivity index (χ2n) is 8.25. The van der Waals surface area contributed by atoms with E-state index in [9.17, 15) is 22.8 Å². The molecule has 1 unspecified atom stereocenters. The molecule has 10 heteroatoms. The topological polar surface area (TPSA) is 116 Å². The normalized spacial score (nSPS) is 18.5. The third-order valence-electron chi connectivity index (χ3n) is 5.56. The van der Waals surface area contributed by atoms with Crippen molar-refractivity contribution >= 4 is 33.6 Å². The highest BCUT2D eigenvalue weighted by Gasteiger charge is 2.49. The monoisotopic (exact) mass is 472 g/mol. The largest absolute Gasteiger partial charge is 0.325 e. The third kappa shape index (κ3) is 4.91. The van der Waals surface area contributed by atoms with Gasteiger partial charge in [0, 0.05) is 19.8 Å². The van der Waals surface area contributed by atoms with Crippen LogP contribution in [0.4, 0.5) is 10.5 Å². The van der Waals surface area contributed by atoms with Crippen LogP contribution in [-0.2, 0) is 31.6 Å². The Morgan fingerprint density at radius 2 is 1.67 bits per heavy atom. The molecule has 1 heterocycles. The van der Waals surface area contributed by atoms with Gasteiger partial charge >= 0.3 is 6.03 Å². The number of carbonyl (C=O) groups excluding carboxylic acids is 3. The highest BCUT2D eigenvalue weighted by atomic mass is 32.2. The van der Waals surface area contributed by atoms with E-state index in [0.29, 0.717) is 11.3 Å². The van der Waals surface area contributed by atoms with Crippen molar-refractivity contribution in [3.8, 4) is 0 Å². The minimum absolute atomic E-state index is 0.0836. The number of sulfonamides is 1. The van der Waals surface area contributed by atoms with Crippen LogP contribution in [0.2, 0.25) is 0 Å². The molecule has 0 aromatic heterocycles. The molecule has 2 N–H and O–H groups in total. The Kier molecular flexibility index (Phi) is 6.89. The van der Waals surface area contributed by atoms with Crippen LogP contribution in [0.1, 0.15) is 31.4 Å². The molecule has 1 fully saturated rings. The second-order valence-corrected chi connectivity index (χ2v) is 10.4. The van der Waals surface area contributed by atoms with Crippen molar-refractivity contribution in [2.45, 2.75) is 37.1 Å². The summed E-state index contributed by atoms with van der Waals surface area (Å²) in [6.45, 7) is 3.23. The molecule has 0 saturated carbocycles. The number of nitrogens with one attached hydrogen (secondary N) is 2. The molecule has 33 heavy (non-hydrogen) atoms. The maximum Gasteiger partial charge on any atom is 0.325 e. The van der Waals surface area contributed by atoms with E-state index in [-0.39, 0.29) is 4.90 Å². The summed E-state index contributed by atoms with van der Waals surface area (Å²) >= 11 is 0. The molecule has 3 rings (SSSR count). The van der Waals surface area contributed by atoms with Gasteiger partial charge in [-0.25, -0.2) is 17.5 Å². The van der Waals surface area contributed by atoms with Crippen LogP contribution in [0.25, 0.3) is 0 Å². The zero-order valence-corrected chi connectivity index (χ0v) is 19.9. The molecule has 0 radical (unpaired) electrons. The zero-order chi connectivity index (χ0) is 24.4. The molecule has 9 nitrogen and oxygen atoms in total. The summed E-state index contributed by atoms with van der Waals surface area (Å²) in [5.41, 5.74) is 0.868. The maximum absolute atomic E-state index is 13.0. The first-order valence-electron chi connectivity index (χ1n) is 10.5. The fourth-order valence-corrected chi connectivity index (χ4v) is 4.50. The lowest BCUT2D eigenvalue weighted by molar-refractivity contribution is -0.133. The zero-order valence-electron chi connectivity index (χ0n) is 19.1. The highest BCUT2D eigenvalue weighted by Crippen LogP contribution is 2.29. The Labute approximate surface area is 193 Å². The van der Waals surface area contributed by atoms with E-state index >= 15 is 0 Å². The van der Waals surface area contributed by atoms with Gasteiger partial charge in [0.15, 0.2) is 0 Å². The Bertz CT molecular complexity index is 1160. The fraction of sp³-hybridized carbons (Fsp3) is 0.348. The predicted octanol–water partition coefficient (Wildman–Crippen LogP) is 2.30. The molecular weight excluding hydrogens is 444 g/mol. The van der Waals surface area contributed by atoms with E-state index in [2.05, 4.69) is 17.6 Å². The molecule has 2 aromatic rings. The molecular formula is C23H28N4O5S. The third-order valence-corrected chi connectivity index (χ3v) is 7.39. The van der Waals surface area contributed by atoms with Crippen molar-refractivity contribution in [2.24, 2.45) is 0 Å². The molecule has 0 bridgehead atoms. The highest BCUT2D eigenvalue weighted by molar-refractivity contribution is 7.89. The minimum atomic E-state index is -3.59. The van der Waals surface area contributed by atoms with Gasteiger partial charge in [0.25, 0.3) is 5.91 Å². The van der Waals surface area contributed by atoms with E-state index in [4.69, 9.17) is 0 Å². The summed E-state index contributed by atoms with van der Waals surface area (Å²) < 4.78 is 25.4. The minimum Gasteiger partial charge on any atom is -0.325 e. The lowest BCUT2D eigenvalue weighted by atomic mass is 9.91. The number of carbonyl (C=O) groups is 3. The van der Waals surface area contributed by atoms with Crippen molar-refractivity contribution in [1.82, 2.24) is 14.5 Å². The van der Waals surface area contributed by atoms with Gasteiger partial charge in [-0.05, 0) is 48.7 Å². The Hall–Kier alpha value is -3.24. The van der Waals surface area contributed by atoms with Gasteiger partial charge in [-0.3, -0.25) is 14.5 Å². The summed E-state index contributed by atoms with van der Waals surface area (Å²) in [5.74, 6) is -1.09. The quantitative estimate of drug-likeness (QED) is 0.572. The maximum atomic E-state index is 13.0. The SMILES string of the molecule is CCCc1ccc(C2(C)NC(=O)N(CC(=O)Nc3ccc(S(=O)(=O)N(C)C)cc3)C2=O)cc1. The van der Waals surface area contributed by atoms with Gasteiger partial charge < -0.3 is 10.6 Å². The van der Waals surface area contributed by atoms with E-state index in [1.165, 1.54) is 38.4 Å². The summed E-state index contributed by atoms with van der Waals surface area (Å²) in [6.07, 6.45) is 1.93. The molecule has 2 aromatic carbocycles. The van der Waals surface area contributed by atoms with Gasteiger partial charge in [-0.2, -0.15) is 0 Å². The summed E-state index contributed by atoms with van der Waals surface area (Å²) in [5, 5.41) is 5.27. The number of imide groups is 1. The standard InChI is InChI=1S/C23H28N4O5S/c1-5-6-16-7-9-17(10-8-16)23(2)21(29)27(22(30)25-23)15-20(28)24-18-11-13-19(14-12-18)33(31,32)26(3)4/h7-14H,5-6,15H2,1-4H3,(H,24,28)(H,25,30). The summed E-state index contributed by atoms with van der Waals surface area (Å²) in [6, 6.07) is 12.5. The summed E-state index contributed by atoms with van der Waals surface area (Å²) in [4.78, 5) is 39.0. The first-order chi connectivity index (χ1) is 15.5. The Morgan fingerprint density at radius 1 is 1.06 bits per heavy atom. The molecule has 4 amide bonds. The molecule has 0 aliphatic carbocycles. The average molecular weight is 473 g/mol. The number of rotatable bonds is 8. The second kappa shape index (κ2) is 9.32. The van der Waals surface area contributed by atoms with Gasteiger partial charge in [-0.1, -0.05) is 37.6 Å². The Morgan fingerprint density at radius 3 is 2.21 bits per heavy atom. The number of hydrogen-bond donors (Lipinski definition) is 2. The van der Waals surface area contributed by atoms with Gasteiger partial charge in [0.2, 0.25) is 15.9 Å². The van der Waals surface area contributed by atoms with Gasteiger partial charge in [0.05, 0.1) is 4.90 Å². The van der Waals surface area contributed by atoms with Gasteiger partial charge in [-0.15, -0.1) is 0 Å². The van der Waals surface area contributed by atoms with Crippen molar-refractivity contribution < 1.29 is 22.8 Å². The van der Waals surface area contributed by atoms with E-state index in [1.54, 1.807) is 6.92 Å². The number of aryl methyl sites for hydroxylation is 1. The van der Waals surface area contributed by atoms with Crippen LogP contribution in [0.3, 0.4) is 0 Å². The van der Waals surface area contributed by atoms with Crippen LogP contribution in [0.15, 0.2) is 53.4 Å². The lowest BCUT2D eigenvalue weighted by Gasteiger charge is -2.22. The molecule has 1 aliphatic heterocycles. The molecule has 0 spiro atoms. The van der Waals surface area contributed by atoms with Crippen molar-refractivity contribution in [3.63, 3.8) is 0 Å². The molecule has 1 atom stereocenters. The number of hydrogen-bond acceptors (Lipinski definition) is 5. The van der Waals surface area contributed by atoms with Crippen LogP contribution in [0.5, 0.6) is 0 Å². The molecule has 1 saturated heterocycles. The van der Waals surface area contributed by atoms with Crippen molar-refractivity contribution in [1.29, 1.82) is 0 Å². The average Bonchev–Trinajstić information content (AvgIpc) is 2.98. The fourth-order valence-electron chi connectivity index (χ4n) is 3.59. The first kappa shape index (κ1) is 24.4. The van der Waals surface area contributed by atoms with Crippen molar-refractivity contribution in [2.75, 3.05) is 26.0 Å². The van der Waals surface area contributed by atoms with E-state index in [0.717, 1.165) is 27.6 Å². The Balaban J connectivity index is 1.69. The van der Waals surface area contributed by atoms with Crippen molar-refractivity contribution in [3.05, 3.63) is 59.7 Å². The van der Waals surface area contributed by atoms with E-state index in [1.807, 2.05) is 24.3 Å². The van der Waals surface area contributed by atoms with Crippen LogP contribution in [0, 0.1) is 0 Å². The van der Waals surface area contributed by atoms with Gasteiger partial charge in [0.1, 0.15) is 12.1 Å². The molecule has 1 aliphatic rings. The van der Waals surface area contributed by atoms with E-state index < -0.39 is 40.0 Å². The van der Waals surface area contributed by atoms with Crippen LogP contribution < -0.4 is 10.6 Å². The number of urea groups is 1. The number of nitrogens with zero attached hydrogens (tertiary/aromatic N) is 2. The number of anilines is 1. The smallest absolute Gasteiger partial charge is 0.325 e. The summed E-state index contributed by atoms with van der Waals surface area (Å²) in [7, 11) is -0.732. The number of amides is 4. The number of benzene rings is 2. The lowest BCUT2D eigenvalue weighted by Crippen LogP contribution is -2.42. The molecule has 176 valence electrons. The first-order valence-corrected chi connectivity index (χ1v) is 12.0. The van der Waals surface area contributed by atoms with Crippen LogP contribution in [-0.4, -0.2) is 56.1 Å². The van der Waals surface area contributed by atoms with Crippen LogP contribution >= 0.6 is 0 Å². The predicted molar refractivity (Wildman–Crippen MR) is 124 cm³/mol.